The van der Waals surface area contributed by atoms with Gasteiger partial charge in [-0.2, -0.15) is 4.89 Å². The molecule has 1 aromatic carbocycles. The van der Waals surface area contributed by atoms with Gasteiger partial charge in [0.1, 0.15) is 19.5 Å². The van der Waals surface area contributed by atoms with Crippen LogP contribution in [0.5, 0.6) is 0 Å². The number of rotatable bonds is 8. The number of carbonyl (C=O) groups excluding carboxylic acids is 2. The Kier molecular flexibility index (Phi) is 11.2. The van der Waals surface area contributed by atoms with Crippen LogP contribution in [0, 0.1) is 0 Å². The molecule has 0 aliphatic carbocycles. The third-order valence-electron chi connectivity index (χ3n) is 2.12. The molecule has 0 aromatic heterocycles. The van der Waals surface area contributed by atoms with Gasteiger partial charge in [0, 0.05) is 10.5 Å². The van der Waals surface area contributed by atoms with Crippen molar-refractivity contribution in [3.8, 4) is 0 Å². The molecule has 0 heterocycles. The van der Waals surface area contributed by atoms with E-state index in [1.54, 1.807) is 24.3 Å². The van der Waals surface area contributed by atoms with Crippen molar-refractivity contribution < 1.29 is 29.2 Å². The number of benzene rings is 1. The van der Waals surface area contributed by atoms with Crippen molar-refractivity contribution in [3.05, 3.63) is 55.5 Å². The molecule has 0 amide bonds. The maximum atomic E-state index is 11.7. The number of thioether (sulfide) groups is 1. The van der Waals surface area contributed by atoms with Crippen LogP contribution in [0.2, 0.25) is 0 Å². The van der Waals surface area contributed by atoms with E-state index < -0.39 is 11.8 Å². The first kappa shape index (κ1) is 19.8. The normalized spacial score (nSPS) is 9.68. The predicted octanol–water partition coefficient (Wildman–Crippen LogP) is 2.91. The van der Waals surface area contributed by atoms with Gasteiger partial charge in [-0.3, -0.25) is 4.79 Å². The predicted molar refractivity (Wildman–Crippen MR) is 83.6 cm³/mol. The highest BCUT2D eigenvalue weighted by molar-refractivity contribution is 7.98. The molecule has 0 spiro atoms. The van der Waals surface area contributed by atoms with Crippen LogP contribution in [0.3, 0.4) is 0 Å². The van der Waals surface area contributed by atoms with Crippen LogP contribution < -0.4 is 0 Å². The maximum Gasteiger partial charge on any atom is 0.379 e. The minimum Gasteiger partial charge on any atom is -0.512 e. The van der Waals surface area contributed by atoms with Gasteiger partial charge < -0.3 is 14.7 Å². The number of carbonyl (C=O) groups is 2. The molecule has 1 aromatic rings. The minimum atomic E-state index is -0.955. The quantitative estimate of drug-likeness (QED) is 0.0905. The van der Waals surface area contributed by atoms with Gasteiger partial charge in [-0.15, -0.1) is 24.9 Å². The van der Waals surface area contributed by atoms with Crippen LogP contribution in [0.25, 0.3) is 0 Å². The van der Waals surface area contributed by atoms with Gasteiger partial charge in [0.2, 0.25) is 0 Å². The summed E-state index contributed by atoms with van der Waals surface area (Å²) in [5.74, 6) is -1.67. The summed E-state index contributed by atoms with van der Waals surface area (Å²) < 4.78 is 4.71. The lowest BCUT2D eigenvalue weighted by atomic mass is 10.1. The first-order chi connectivity index (χ1) is 10.7. The molecule has 0 atom stereocenters. The van der Waals surface area contributed by atoms with Crippen molar-refractivity contribution in [3.63, 3.8) is 0 Å². The van der Waals surface area contributed by atoms with E-state index >= 15 is 0 Å². The molecule has 0 saturated carbocycles. The molecular formula is C15H18O6S. The molecule has 120 valence electrons. The monoisotopic (exact) mass is 326 g/mol. The largest absolute Gasteiger partial charge is 0.512 e. The third-order valence-corrected chi connectivity index (χ3v) is 2.87. The molecule has 1 rings (SSSR count). The van der Waals surface area contributed by atoms with Crippen molar-refractivity contribution in [2.75, 3.05) is 19.5 Å². The van der Waals surface area contributed by atoms with Crippen molar-refractivity contribution in [2.24, 2.45) is 0 Å². The summed E-state index contributed by atoms with van der Waals surface area (Å²) >= 11 is 1.54. The van der Waals surface area contributed by atoms with Gasteiger partial charge in [-0.1, -0.05) is 0 Å². The molecule has 22 heavy (non-hydrogen) atoms. The molecule has 0 saturated heterocycles. The fourth-order valence-corrected chi connectivity index (χ4v) is 1.61. The topological polar surface area (TPSA) is 82.1 Å². The van der Waals surface area contributed by atoms with Crippen LogP contribution in [-0.4, -0.2) is 36.3 Å². The lowest BCUT2D eigenvalue weighted by molar-refractivity contribution is -0.254. The molecule has 0 aliphatic heterocycles. The van der Waals surface area contributed by atoms with E-state index in [0.717, 1.165) is 11.2 Å². The number of esters is 1. The van der Waals surface area contributed by atoms with Crippen molar-refractivity contribution in [1.82, 2.24) is 0 Å². The smallest absolute Gasteiger partial charge is 0.379 e. The molecule has 0 radical (unpaired) electrons. The van der Waals surface area contributed by atoms with Crippen molar-refractivity contribution in [2.45, 2.75) is 4.90 Å². The van der Waals surface area contributed by atoms with Crippen LogP contribution in [0.4, 0.5) is 0 Å². The second-order valence-corrected chi connectivity index (χ2v) is 4.28. The number of hydrogen-bond donors (Lipinski definition) is 1. The molecule has 0 fully saturated rings. The summed E-state index contributed by atoms with van der Waals surface area (Å²) in [5, 5.41) is 8.23. The molecule has 1 N–H and O–H groups in total. The Hall–Kier alpha value is -2.25. The van der Waals surface area contributed by atoms with E-state index in [1.807, 2.05) is 6.26 Å². The lowest BCUT2D eigenvalue weighted by Crippen LogP contribution is -2.19. The Labute approximate surface area is 133 Å². The summed E-state index contributed by atoms with van der Waals surface area (Å²) in [5.41, 5.74) is 0.271. The molecule has 0 unspecified atom stereocenters. The first-order valence-corrected chi connectivity index (χ1v) is 7.34. The van der Waals surface area contributed by atoms with Gasteiger partial charge in [0.25, 0.3) is 5.78 Å². The fourth-order valence-electron chi connectivity index (χ4n) is 1.21. The zero-order chi connectivity index (χ0) is 16.8. The standard InChI is InChI=1S/C13H14O6S.C2H4/c1-20-11-4-2-10(3-5-11)12(15)13(16)17-8-9-19-18-7-6-14;1-2/h2-7,14H,8-9H2,1H3;1-2H2/b7-6+;. The van der Waals surface area contributed by atoms with Crippen molar-refractivity contribution in [1.29, 1.82) is 0 Å². The van der Waals surface area contributed by atoms with Crippen molar-refractivity contribution >= 4 is 23.5 Å². The maximum absolute atomic E-state index is 11.7. The summed E-state index contributed by atoms with van der Waals surface area (Å²) in [6.45, 7) is 5.81. The lowest BCUT2D eigenvalue weighted by Gasteiger charge is -2.04. The molecule has 0 bridgehead atoms. The second kappa shape index (κ2) is 12.5. The summed E-state index contributed by atoms with van der Waals surface area (Å²) in [4.78, 5) is 33.0. The van der Waals surface area contributed by atoms with E-state index in [2.05, 4.69) is 22.9 Å². The Morgan fingerprint density at radius 1 is 1.23 bits per heavy atom. The average Bonchev–Trinajstić information content (AvgIpc) is 2.59. The van der Waals surface area contributed by atoms with E-state index in [9.17, 15) is 9.59 Å². The molecule has 0 aliphatic rings. The number of ether oxygens (including phenoxy) is 1. The van der Waals surface area contributed by atoms with Crippen LogP contribution >= 0.6 is 11.8 Å². The Balaban J connectivity index is 0.00000211. The SMILES string of the molecule is C=C.CSc1ccc(C(=O)C(=O)OCCOO/C=C/O)cc1. The summed E-state index contributed by atoms with van der Waals surface area (Å²) in [6, 6.07) is 6.65. The minimum absolute atomic E-state index is 0.0607. The van der Waals surface area contributed by atoms with Crippen LogP contribution in [0.15, 0.2) is 54.8 Å². The van der Waals surface area contributed by atoms with Gasteiger partial charge >= 0.3 is 5.97 Å². The van der Waals surface area contributed by atoms with Crippen LogP contribution in [0.1, 0.15) is 10.4 Å². The highest BCUT2D eigenvalue weighted by Gasteiger charge is 2.17. The zero-order valence-corrected chi connectivity index (χ0v) is 13.0. The molecule has 7 heteroatoms. The van der Waals surface area contributed by atoms with E-state index in [1.165, 1.54) is 11.8 Å². The first-order valence-electron chi connectivity index (χ1n) is 6.12. The van der Waals surface area contributed by atoms with Gasteiger partial charge in [0.05, 0.1) is 0 Å². The van der Waals surface area contributed by atoms with Gasteiger partial charge in [-0.25, -0.2) is 4.79 Å². The number of Topliss-reactive ketones (excluding diaryl/α,β-unsaturated/α-hetero) is 1. The Bertz CT molecular complexity index is 483. The third kappa shape index (κ3) is 7.51. The van der Waals surface area contributed by atoms with E-state index in [-0.39, 0.29) is 18.8 Å². The number of aliphatic hydroxyl groups is 1. The highest BCUT2D eigenvalue weighted by Crippen LogP contribution is 2.15. The fraction of sp³-hybridized carbons (Fsp3) is 0.200. The number of ketones is 1. The average molecular weight is 326 g/mol. The van der Waals surface area contributed by atoms with Gasteiger partial charge in [-0.05, 0) is 30.5 Å². The molecule has 6 nitrogen and oxygen atoms in total. The Morgan fingerprint density at radius 3 is 2.41 bits per heavy atom. The van der Waals surface area contributed by atoms with E-state index in [0.29, 0.717) is 6.26 Å². The summed E-state index contributed by atoms with van der Waals surface area (Å²) in [7, 11) is 0. The van der Waals surface area contributed by atoms with Gasteiger partial charge in [0.15, 0.2) is 6.26 Å². The Morgan fingerprint density at radius 2 is 1.86 bits per heavy atom. The number of hydrogen-bond acceptors (Lipinski definition) is 7. The molecular weight excluding hydrogens is 308 g/mol. The summed E-state index contributed by atoms with van der Waals surface area (Å²) in [6.07, 6.45) is 3.47. The zero-order valence-electron chi connectivity index (χ0n) is 12.2. The highest BCUT2D eigenvalue weighted by atomic mass is 32.2. The second-order valence-electron chi connectivity index (χ2n) is 3.40. The van der Waals surface area contributed by atoms with Crippen LogP contribution in [-0.2, 0) is 19.3 Å². The number of aliphatic hydroxyl groups excluding tert-OH is 1. The van der Waals surface area contributed by atoms with E-state index in [4.69, 9.17) is 9.84 Å².